The molecule has 21 heavy (non-hydrogen) atoms. The number of allylic oxidation sites excluding steroid dienone is 1. The predicted molar refractivity (Wildman–Crippen MR) is 76.1 cm³/mol. The number of rotatable bonds is 3. The minimum Gasteiger partial charge on any atom is -0.502 e. The molecule has 1 aliphatic rings. The Morgan fingerprint density at radius 3 is 2.62 bits per heavy atom. The molecule has 1 saturated heterocycles. The van der Waals surface area contributed by atoms with Gasteiger partial charge in [-0.1, -0.05) is 18.2 Å². The highest BCUT2D eigenvalue weighted by Crippen LogP contribution is 2.27. The summed E-state index contributed by atoms with van der Waals surface area (Å²) in [5, 5.41) is 29.0. The second-order valence-electron chi connectivity index (χ2n) is 4.97. The van der Waals surface area contributed by atoms with Gasteiger partial charge in [0, 0.05) is 19.2 Å². The van der Waals surface area contributed by atoms with Crippen LogP contribution in [0, 0.1) is 16.0 Å². The number of piperidine rings is 1. The molecule has 2 rings (SSSR count). The largest absolute Gasteiger partial charge is 0.502 e. The van der Waals surface area contributed by atoms with Crippen molar-refractivity contribution in [3.05, 3.63) is 40.0 Å². The molecule has 1 fully saturated rings. The smallest absolute Gasteiger partial charge is 0.407 e. The fraction of sp³-hybridized carbons (Fsp3) is 0.357. The minimum atomic E-state index is -0.897. The van der Waals surface area contributed by atoms with Crippen LogP contribution in [0.1, 0.15) is 18.4 Å². The lowest BCUT2D eigenvalue weighted by Gasteiger charge is -2.28. The molecular weight excluding hydrogens is 276 g/mol. The molecule has 7 nitrogen and oxygen atoms in total. The average molecular weight is 292 g/mol. The maximum Gasteiger partial charge on any atom is 0.407 e. The third kappa shape index (κ3) is 3.71. The second-order valence-corrected chi connectivity index (χ2v) is 4.97. The number of nitrogens with zero attached hydrogens (tertiary/aromatic N) is 2. The molecule has 0 atom stereocenters. The summed E-state index contributed by atoms with van der Waals surface area (Å²) in [6.45, 7) is 1.00. The second kappa shape index (κ2) is 6.25. The molecule has 0 aromatic heterocycles. The van der Waals surface area contributed by atoms with Crippen LogP contribution >= 0.6 is 0 Å². The molecule has 0 saturated carbocycles. The van der Waals surface area contributed by atoms with Gasteiger partial charge in [-0.05, 0) is 30.4 Å². The molecule has 1 amide bonds. The van der Waals surface area contributed by atoms with Crippen LogP contribution in [0.5, 0.6) is 5.75 Å². The van der Waals surface area contributed by atoms with Gasteiger partial charge in [-0.25, -0.2) is 4.79 Å². The van der Waals surface area contributed by atoms with Crippen LogP contribution in [-0.4, -0.2) is 39.2 Å². The Bertz CT molecular complexity index is 577. The number of hydrogen-bond donors (Lipinski definition) is 2. The molecule has 2 N–H and O–H groups in total. The van der Waals surface area contributed by atoms with Gasteiger partial charge in [-0.3, -0.25) is 10.1 Å². The number of amides is 1. The van der Waals surface area contributed by atoms with Crippen molar-refractivity contribution in [2.75, 3.05) is 13.1 Å². The first-order valence-electron chi connectivity index (χ1n) is 6.61. The number of benzene rings is 1. The van der Waals surface area contributed by atoms with E-state index in [4.69, 9.17) is 5.11 Å². The highest BCUT2D eigenvalue weighted by atomic mass is 16.6. The van der Waals surface area contributed by atoms with Crippen molar-refractivity contribution in [1.82, 2.24) is 4.90 Å². The standard InChI is InChI=1S/C14H16N2O5/c17-13-4-3-11(9-12(13)16(20)21)2-1-10-5-7-15(8-6-10)14(18)19/h1-4,9-10,17H,5-8H2,(H,18,19)/b2-1+. The summed E-state index contributed by atoms with van der Waals surface area (Å²) < 4.78 is 0. The molecule has 1 aliphatic heterocycles. The average Bonchev–Trinajstić information content (AvgIpc) is 2.46. The van der Waals surface area contributed by atoms with Crippen molar-refractivity contribution in [3.8, 4) is 5.75 Å². The Morgan fingerprint density at radius 1 is 1.38 bits per heavy atom. The first-order chi connectivity index (χ1) is 9.97. The number of nitro benzene ring substituents is 1. The highest BCUT2D eigenvalue weighted by molar-refractivity contribution is 5.65. The molecule has 0 unspecified atom stereocenters. The topological polar surface area (TPSA) is 104 Å². The van der Waals surface area contributed by atoms with Gasteiger partial charge in [-0.15, -0.1) is 0 Å². The number of carboxylic acid groups (broad SMARTS) is 1. The van der Waals surface area contributed by atoms with Gasteiger partial charge in [0.25, 0.3) is 0 Å². The van der Waals surface area contributed by atoms with Gasteiger partial charge in [0.15, 0.2) is 5.75 Å². The van der Waals surface area contributed by atoms with Gasteiger partial charge in [-0.2, -0.15) is 0 Å². The molecule has 112 valence electrons. The van der Waals surface area contributed by atoms with E-state index >= 15 is 0 Å². The van der Waals surface area contributed by atoms with Crippen LogP contribution < -0.4 is 0 Å². The zero-order valence-corrected chi connectivity index (χ0v) is 11.3. The first-order valence-corrected chi connectivity index (χ1v) is 6.61. The Labute approximate surface area is 121 Å². The maximum absolute atomic E-state index is 10.8. The number of likely N-dealkylation sites (tertiary alicyclic amines) is 1. The molecule has 0 aliphatic carbocycles. The zero-order chi connectivity index (χ0) is 15.4. The fourth-order valence-corrected chi connectivity index (χ4v) is 2.32. The molecule has 1 heterocycles. The SMILES string of the molecule is O=C(O)N1CCC(/C=C/c2ccc(O)c([N+](=O)[O-])c2)CC1. The molecule has 0 bridgehead atoms. The van der Waals surface area contributed by atoms with Crippen molar-refractivity contribution in [1.29, 1.82) is 0 Å². The molecule has 0 spiro atoms. The van der Waals surface area contributed by atoms with Gasteiger partial charge >= 0.3 is 11.8 Å². The summed E-state index contributed by atoms with van der Waals surface area (Å²) in [7, 11) is 0. The Balaban J connectivity index is 2.01. The van der Waals surface area contributed by atoms with E-state index < -0.39 is 11.0 Å². The number of hydrogen-bond acceptors (Lipinski definition) is 4. The van der Waals surface area contributed by atoms with Crippen molar-refractivity contribution in [3.63, 3.8) is 0 Å². The third-order valence-corrected chi connectivity index (χ3v) is 3.57. The third-order valence-electron chi connectivity index (χ3n) is 3.57. The normalized spacial score (nSPS) is 16.3. The summed E-state index contributed by atoms with van der Waals surface area (Å²) in [4.78, 5) is 22.3. The lowest BCUT2D eigenvalue weighted by molar-refractivity contribution is -0.385. The summed E-state index contributed by atoms with van der Waals surface area (Å²) in [5.41, 5.74) is 0.318. The van der Waals surface area contributed by atoms with Crippen molar-refractivity contribution in [2.24, 2.45) is 5.92 Å². The number of carbonyl (C=O) groups is 1. The van der Waals surface area contributed by atoms with E-state index in [1.165, 1.54) is 17.0 Å². The molecule has 7 heteroatoms. The zero-order valence-electron chi connectivity index (χ0n) is 11.3. The van der Waals surface area contributed by atoms with Crippen molar-refractivity contribution < 1.29 is 19.9 Å². The summed E-state index contributed by atoms with van der Waals surface area (Å²) in [6, 6.07) is 4.22. The monoisotopic (exact) mass is 292 g/mol. The van der Waals surface area contributed by atoms with Gasteiger partial charge in [0.05, 0.1) is 4.92 Å². The molecule has 1 aromatic carbocycles. The molecular formula is C14H16N2O5. The van der Waals surface area contributed by atoms with E-state index in [1.807, 2.05) is 6.08 Å². The Hall–Kier alpha value is -2.57. The van der Waals surface area contributed by atoms with Crippen LogP contribution in [0.3, 0.4) is 0 Å². The van der Waals surface area contributed by atoms with E-state index in [0.29, 0.717) is 18.7 Å². The fourth-order valence-electron chi connectivity index (χ4n) is 2.32. The van der Waals surface area contributed by atoms with Crippen LogP contribution in [0.15, 0.2) is 24.3 Å². The van der Waals surface area contributed by atoms with E-state index in [1.54, 1.807) is 12.1 Å². The number of aromatic hydroxyl groups is 1. The molecule has 0 radical (unpaired) electrons. The van der Waals surface area contributed by atoms with Crippen molar-refractivity contribution >= 4 is 17.9 Å². The van der Waals surface area contributed by atoms with Crippen LogP contribution in [0.25, 0.3) is 6.08 Å². The van der Waals surface area contributed by atoms with E-state index in [9.17, 15) is 20.0 Å². The maximum atomic E-state index is 10.8. The van der Waals surface area contributed by atoms with Crippen molar-refractivity contribution in [2.45, 2.75) is 12.8 Å². The Morgan fingerprint density at radius 2 is 2.05 bits per heavy atom. The quantitative estimate of drug-likeness (QED) is 0.658. The Kier molecular flexibility index (Phi) is 4.42. The minimum absolute atomic E-state index is 0.258. The number of nitro groups is 1. The lowest BCUT2D eigenvalue weighted by Crippen LogP contribution is -2.36. The first kappa shape index (κ1) is 14.8. The molecule has 1 aromatic rings. The predicted octanol–water partition coefficient (Wildman–Crippen LogP) is 2.70. The van der Waals surface area contributed by atoms with Crippen LogP contribution in [-0.2, 0) is 0 Å². The van der Waals surface area contributed by atoms with Crippen LogP contribution in [0.4, 0.5) is 10.5 Å². The summed E-state index contributed by atoms with van der Waals surface area (Å²) in [6.07, 6.45) is 4.29. The van der Waals surface area contributed by atoms with Gasteiger partial charge in [0.1, 0.15) is 0 Å². The number of phenolic OH excluding ortho intramolecular Hbond substituents is 1. The summed E-state index contributed by atoms with van der Waals surface area (Å²) in [5.74, 6) is -0.0969. The van der Waals surface area contributed by atoms with E-state index in [-0.39, 0.29) is 17.4 Å². The van der Waals surface area contributed by atoms with E-state index in [0.717, 1.165) is 12.8 Å². The lowest BCUT2D eigenvalue weighted by atomic mass is 9.96. The van der Waals surface area contributed by atoms with E-state index in [2.05, 4.69) is 0 Å². The van der Waals surface area contributed by atoms with Crippen LogP contribution in [0.2, 0.25) is 0 Å². The van der Waals surface area contributed by atoms with Gasteiger partial charge < -0.3 is 15.1 Å². The van der Waals surface area contributed by atoms with Gasteiger partial charge in [0.2, 0.25) is 0 Å². The summed E-state index contributed by atoms with van der Waals surface area (Å²) >= 11 is 0. The number of phenols is 1. The highest BCUT2D eigenvalue weighted by Gasteiger charge is 2.20.